The molecule has 1 aliphatic heterocycles. The number of non-ortho nitro benzene ring substituents is 1. The van der Waals surface area contributed by atoms with Crippen LogP contribution in [0.1, 0.15) is 19.4 Å². The highest BCUT2D eigenvalue weighted by molar-refractivity contribution is 8.18. The summed E-state index contributed by atoms with van der Waals surface area (Å²) >= 11 is 0.678. The molecule has 1 aliphatic rings. The van der Waals surface area contributed by atoms with Gasteiger partial charge in [-0.25, -0.2) is 0 Å². The van der Waals surface area contributed by atoms with Crippen LogP contribution in [0.15, 0.2) is 47.4 Å². The summed E-state index contributed by atoms with van der Waals surface area (Å²) in [5, 5.41) is 12.9. The molecule has 38 heavy (non-hydrogen) atoms. The Morgan fingerprint density at radius 3 is 2.55 bits per heavy atom. The number of rotatable bonds is 11. The number of nitrogens with zero attached hydrogens (tertiary/aromatic N) is 3. The number of nitro groups is 1. The molecule has 0 radical (unpaired) electrons. The van der Waals surface area contributed by atoms with Crippen LogP contribution in [0.4, 0.5) is 21.9 Å². The number of nitrogens with one attached hydrogen (secondary N) is 1. The molecule has 0 unspecified atom stereocenters. The standard InChI is InChI=1S/C25H26N4O8S/c1-4-27(5-2)18-10-9-16(11-21-24(32)28(25(33)38-21)14-23(31)36-3)20(13-18)37-15-22(30)26-17-7-6-8-19(12-17)29(34)35/h6-13H,4-5,14-15H2,1-3H3,(H,26,30)/b21-11+. The Bertz CT molecular complexity index is 1290. The average Bonchev–Trinajstić information content (AvgIpc) is 3.16. The molecule has 0 atom stereocenters. The van der Waals surface area contributed by atoms with Crippen LogP contribution >= 0.6 is 11.8 Å². The van der Waals surface area contributed by atoms with Crippen molar-refractivity contribution >= 4 is 57.9 Å². The lowest BCUT2D eigenvalue weighted by atomic mass is 10.1. The third kappa shape index (κ3) is 6.88. The van der Waals surface area contributed by atoms with Gasteiger partial charge in [-0.3, -0.25) is 34.2 Å². The fourth-order valence-electron chi connectivity index (χ4n) is 3.56. The molecule has 12 nitrogen and oxygen atoms in total. The molecule has 1 fully saturated rings. The van der Waals surface area contributed by atoms with Gasteiger partial charge < -0.3 is 19.7 Å². The van der Waals surface area contributed by atoms with Gasteiger partial charge >= 0.3 is 5.97 Å². The number of methoxy groups -OCH3 is 1. The van der Waals surface area contributed by atoms with Crippen molar-refractivity contribution in [3.05, 3.63) is 63.0 Å². The van der Waals surface area contributed by atoms with E-state index in [1.54, 1.807) is 12.1 Å². The predicted octanol–water partition coefficient (Wildman–Crippen LogP) is 3.67. The van der Waals surface area contributed by atoms with Gasteiger partial charge in [0.15, 0.2) is 6.61 Å². The van der Waals surface area contributed by atoms with Crippen LogP contribution in [-0.4, -0.2) is 66.2 Å². The molecule has 0 saturated carbocycles. The van der Waals surface area contributed by atoms with Crippen LogP contribution < -0.4 is 15.0 Å². The van der Waals surface area contributed by atoms with Crippen molar-refractivity contribution in [1.82, 2.24) is 4.90 Å². The zero-order valence-corrected chi connectivity index (χ0v) is 21.8. The van der Waals surface area contributed by atoms with E-state index in [-0.39, 0.29) is 22.0 Å². The van der Waals surface area contributed by atoms with Crippen molar-refractivity contribution in [3.63, 3.8) is 0 Å². The Morgan fingerprint density at radius 1 is 1.16 bits per heavy atom. The van der Waals surface area contributed by atoms with Crippen LogP contribution in [0, 0.1) is 10.1 Å². The molecule has 2 aromatic carbocycles. The number of benzene rings is 2. The maximum absolute atomic E-state index is 12.7. The van der Waals surface area contributed by atoms with E-state index in [1.807, 2.05) is 19.9 Å². The van der Waals surface area contributed by atoms with Crippen LogP contribution in [-0.2, 0) is 19.1 Å². The molecule has 3 rings (SSSR count). The third-order valence-corrected chi connectivity index (χ3v) is 6.41. The highest BCUT2D eigenvalue weighted by atomic mass is 32.2. The summed E-state index contributed by atoms with van der Waals surface area (Å²) in [5.74, 6) is -1.64. The molecule has 2 aromatic rings. The fraction of sp³-hybridized carbons (Fsp3) is 0.280. The Hall–Kier alpha value is -4.39. The average molecular weight is 543 g/mol. The fourth-order valence-corrected chi connectivity index (χ4v) is 4.39. The topological polar surface area (TPSA) is 148 Å². The first-order chi connectivity index (χ1) is 18.2. The lowest BCUT2D eigenvalue weighted by molar-refractivity contribution is -0.384. The maximum Gasteiger partial charge on any atom is 0.325 e. The number of hydrogen-bond acceptors (Lipinski definition) is 10. The minimum atomic E-state index is -0.726. The molecule has 1 saturated heterocycles. The summed E-state index contributed by atoms with van der Waals surface area (Å²) in [6, 6.07) is 10.8. The number of nitro benzene ring substituents is 1. The van der Waals surface area contributed by atoms with E-state index in [4.69, 9.17) is 4.74 Å². The minimum Gasteiger partial charge on any atom is -0.483 e. The summed E-state index contributed by atoms with van der Waals surface area (Å²) in [6.07, 6.45) is 1.46. The molecule has 0 aromatic heterocycles. The van der Waals surface area contributed by atoms with Crippen molar-refractivity contribution < 1.29 is 33.6 Å². The van der Waals surface area contributed by atoms with Crippen LogP contribution in [0.3, 0.4) is 0 Å². The molecular formula is C25H26N4O8S. The molecule has 1 heterocycles. The zero-order chi connectivity index (χ0) is 27.8. The number of carbonyl (C=O) groups excluding carboxylic acids is 4. The Morgan fingerprint density at radius 2 is 1.89 bits per heavy atom. The Labute approximate surface area is 222 Å². The van der Waals surface area contributed by atoms with Crippen molar-refractivity contribution in [1.29, 1.82) is 0 Å². The first-order valence-electron chi connectivity index (χ1n) is 11.5. The summed E-state index contributed by atoms with van der Waals surface area (Å²) < 4.78 is 10.3. The number of imide groups is 1. The van der Waals surface area contributed by atoms with E-state index < -0.39 is 41.1 Å². The molecule has 3 amide bonds. The molecule has 1 N–H and O–H groups in total. The molecular weight excluding hydrogens is 516 g/mol. The largest absolute Gasteiger partial charge is 0.483 e. The van der Waals surface area contributed by atoms with E-state index in [2.05, 4.69) is 15.0 Å². The lowest BCUT2D eigenvalue weighted by Crippen LogP contribution is -2.34. The van der Waals surface area contributed by atoms with Crippen LogP contribution in [0.25, 0.3) is 6.08 Å². The van der Waals surface area contributed by atoms with Gasteiger partial charge in [0.1, 0.15) is 12.3 Å². The molecule has 0 aliphatic carbocycles. The number of hydrogen-bond donors (Lipinski definition) is 1. The van der Waals surface area contributed by atoms with Gasteiger partial charge in [0.2, 0.25) is 0 Å². The monoisotopic (exact) mass is 542 g/mol. The number of anilines is 2. The quantitative estimate of drug-likeness (QED) is 0.193. The molecule has 0 spiro atoms. The minimum absolute atomic E-state index is 0.0837. The summed E-state index contributed by atoms with van der Waals surface area (Å²) in [5.41, 5.74) is 1.33. The first kappa shape index (κ1) is 28.2. The summed E-state index contributed by atoms with van der Waals surface area (Å²) in [6.45, 7) is 4.49. The second kappa shape index (κ2) is 12.7. The third-order valence-electron chi connectivity index (χ3n) is 5.50. The second-order valence-electron chi connectivity index (χ2n) is 7.88. The number of amides is 3. The van der Waals surface area contributed by atoms with E-state index in [0.717, 1.165) is 30.8 Å². The number of carbonyl (C=O) groups is 4. The maximum atomic E-state index is 12.7. The van der Waals surface area contributed by atoms with E-state index in [9.17, 15) is 29.3 Å². The zero-order valence-electron chi connectivity index (χ0n) is 21.0. The summed E-state index contributed by atoms with van der Waals surface area (Å²) in [7, 11) is 1.16. The SMILES string of the molecule is CCN(CC)c1ccc(/C=C2/SC(=O)N(CC(=O)OC)C2=O)c(OCC(=O)Nc2cccc([N+](=O)[O-])c2)c1. The van der Waals surface area contributed by atoms with E-state index in [0.29, 0.717) is 17.3 Å². The summed E-state index contributed by atoms with van der Waals surface area (Å²) in [4.78, 5) is 62.5. The van der Waals surface area contributed by atoms with Crippen LogP contribution in [0.2, 0.25) is 0 Å². The second-order valence-corrected chi connectivity index (χ2v) is 8.88. The molecule has 200 valence electrons. The van der Waals surface area contributed by atoms with Gasteiger partial charge in [-0.05, 0) is 49.9 Å². The first-order valence-corrected chi connectivity index (χ1v) is 12.4. The van der Waals surface area contributed by atoms with Crippen molar-refractivity contribution in [2.75, 3.05) is 43.6 Å². The van der Waals surface area contributed by atoms with Gasteiger partial charge in [-0.2, -0.15) is 0 Å². The van der Waals surface area contributed by atoms with Crippen molar-refractivity contribution in [2.45, 2.75) is 13.8 Å². The van der Waals surface area contributed by atoms with Crippen molar-refractivity contribution in [3.8, 4) is 5.75 Å². The highest BCUT2D eigenvalue weighted by Crippen LogP contribution is 2.35. The van der Waals surface area contributed by atoms with Crippen molar-refractivity contribution in [2.24, 2.45) is 0 Å². The predicted molar refractivity (Wildman–Crippen MR) is 142 cm³/mol. The number of esters is 1. The lowest BCUT2D eigenvalue weighted by Gasteiger charge is -2.22. The normalized spacial score (nSPS) is 14.0. The van der Waals surface area contributed by atoms with E-state index in [1.165, 1.54) is 30.3 Å². The van der Waals surface area contributed by atoms with Gasteiger partial charge in [0.25, 0.3) is 22.7 Å². The van der Waals surface area contributed by atoms with Gasteiger partial charge in [0.05, 0.1) is 16.9 Å². The molecule has 0 bridgehead atoms. The Balaban J connectivity index is 1.84. The Kier molecular flexibility index (Phi) is 9.44. The van der Waals surface area contributed by atoms with E-state index >= 15 is 0 Å². The smallest absolute Gasteiger partial charge is 0.325 e. The van der Waals surface area contributed by atoms with Crippen LogP contribution in [0.5, 0.6) is 5.75 Å². The van der Waals surface area contributed by atoms with Gasteiger partial charge in [0, 0.05) is 48.2 Å². The number of ether oxygens (including phenoxy) is 2. The molecule has 13 heteroatoms. The number of thioether (sulfide) groups is 1. The van der Waals surface area contributed by atoms with Gasteiger partial charge in [-0.1, -0.05) is 6.07 Å². The highest BCUT2D eigenvalue weighted by Gasteiger charge is 2.36. The van der Waals surface area contributed by atoms with Gasteiger partial charge in [-0.15, -0.1) is 0 Å².